The Morgan fingerprint density at radius 1 is 1.20 bits per heavy atom. The third kappa shape index (κ3) is 5.11. The van der Waals surface area contributed by atoms with Crippen molar-refractivity contribution < 1.29 is 14.3 Å². The van der Waals surface area contributed by atoms with Gasteiger partial charge in [0, 0.05) is 10.6 Å². The molecule has 2 aromatic carbocycles. The van der Waals surface area contributed by atoms with Crippen molar-refractivity contribution in [2.75, 3.05) is 6.61 Å². The van der Waals surface area contributed by atoms with Gasteiger partial charge in [0.05, 0.1) is 34.6 Å². The lowest BCUT2D eigenvalue weighted by Gasteiger charge is -2.24. The standard InChI is InChI=1S/C27H27ClN2O4S/c1-6-33-26(32)23-17(5)29-27-30(24(23)18-9-7-16(4)8-10-18)25(31)22(35-27)14-19-13-20(28)11-12-21(19)34-15(2)3/h7-15,24H,6H2,1-5H3/b22-14-/t24-/m0/s1. The highest BCUT2D eigenvalue weighted by Gasteiger charge is 2.33. The predicted octanol–water partition coefficient (Wildman–Crippen LogP) is 4.55. The zero-order valence-corrected chi connectivity index (χ0v) is 21.9. The van der Waals surface area contributed by atoms with Gasteiger partial charge in [0.15, 0.2) is 4.80 Å². The number of thiazole rings is 1. The Morgan fingerprint density at radius 2 is 1.91 bits per heavy atom. The van der Waals surface area contributed by atoms with Crippen molar-refractivity contribution in [3.05, 3.63) is 95.1 Å². The van der Waals surface area contributed by atoms with Crippen LogP contribution in [0.5, 0.6) is 5.75 Å². The zero-order chi connectivity index (χ0) is 25.3. The van der Waals surface area contributed by atoms with Crippen LogP contribution in [0.3, 0.4) is 0 Å². The molecule has 0 saturated carbocycles. The zero-order valence-electron chi connectivity index (χ0n) is 20.3. The monoisotopic (exact) mass is 510 g/mol. The molecule has 182 valence electrons. The van der Waals surface area contributed by atoms with Crippen LogP contribution in [0.2, 0.25) is 5.02 Å². The van der Waals surface area contributed by atoms with Crippen LogP contribution < -0.4 is 19.6 Å². The number of carbonyl (C=O) groups is 1. The molecule has 0 amide bonds. The summed E-state index contributed by atoms with van der Waals surface area (Å²) < 4.78 is 13.3. The molecule has 1 atom stereocenters. The van der Waals surface area contributed by atoms with Crippen LogP contribution in [0.15, 0.2) is 63.5 Å². The molecule has 4 rings (SSSR count). The maximum atomic E-state index is 13.8. The number of rotatable bonds is 6. The van der Waals surface area contributed by atoms with E-state index in [4.69, 9.17) is 21.1 Å². The van der Waals surface area contributed by atoms with Crippen molar-refractivity contribution >= 4 is 35.0 Å². The molecule has 0 unspecified atom stereocenters. The second-order valence-electron chi connectivity index (χ2n) is 8.56. The predicted molar refractivity (Wildman–Crippen MR) is 139 cm³/mol. The lowest BCUT2D eigenvalue weighted by Crippen LogP contribution is -2.39. The summed E-state index contributed by atoms with van der Waals surface area (Å²) in [5, 5.41) is 0.540. The minimum absolute atomic E-state index is 0.0409. The summed E-state index contributed by atoms with van der Waals surface area (Å²) in [6, 6.07) is 12.5. The van der Waals surface area contributed by atoms with Gasteiger partial charge in [0.2, 0.25) is 0 Å². The van der Waals surface area contributed by atoms with E-state index in [1.54, 1.807) is 42.7 Å². The van der Waals surface area contributed by atoms with Crippen molar-refractivity contribution in [2.24, 2.45) is 4.99 Å². The summed E-state index contributed by atoms with van der Waals surface area (Å²) in [6.45, 7) is 9.63. The van der Waals surface area contributed by atoms with E-state index in [1.165, 1.54) is 11.3 Å². The Bertz CT molecular complexity index is 1480. The van der Waals surface area contributed by atoms with Crippen molar-refractivity contribution in [1.29, 1.82) is 0 Å². The molecule has 3 aromatic rings. The van der Waals surface area contributed by atoms with Crippen LogP contribution in [0.4, 0.5) is 0 Å². The minimum Gasteiger partial charge on any atom is -0.490 e. The summed E-state index contributed by atoms with van der Waals surface area (Å²) in [5.74, 6) is 0.157. The van der Waals surface area contributed by atoms with Crippen molar-refractivity contribution in [3.63, 3.8) is 0 Å². The van der Waals surface area contributed by atoms with Gasteiger partial charge in [0.1, 0.15) is 5.75 Å². The molecule has 2 heterocycles. The van der Waals surface area contributed by atoms with Gasteiger partial charge in [0.25, 0.3) is 5.56 Å². The molecule has 0 fully saturated rings. The minimum atomic E-state index is -0.640. The Kier molecular flexibility index (Phi) is 7.28. The Morgan fingerprint density at radius 3 is 2.57 bits per heavy atom. The molecule has 0 N–H and O–H groups in total. The van der Waals surface area contributed by atoms with Gasteiger partial charge in [-0.1, -0.05) is 52.8 Å². The molecule has 0 radical (unpaired) electrons. The number of benzene rings is 2. The van der Waals surface area contributed by atoms with Crippen LogP contribution in [-0.4, -0.2) is 23.2 Å². The van der Waals surface area contributed by atoms with E-state index in [2.05, 4.69) is 4.99 Å². The van der Waals surface area contributed by atoms with Gasteiger partial charge in [-0.2, -0.15) is 0 Å². The van der Waals surface area contributed by atoms with Gasteiger partial charge in [-0.3, -0.25) is 9.36 Å². The largest absolute Gasteiger partial charge is 0.490 e. The maximum absolute atomic E-state index is 13.8. The van der Waals surface area contributed by atoms with E-state index < -0.39 is 12.0 Å². The maximum Gasteiger partial charge on any atom is 0.338 e. The van der Waals surface area contributed by atoms with E-state index >= 15 is 0 Å². The second kappa shape index (κ2) is 10.2. The lowest BCUT2D eigenvalue weighted by atomic mass is 9.95. The molecule has 0 bridgehead atoms. The Balaban J connectivity index is 1.95. The van der Waals surface area contributed by atoms with Gasteiger partial charge in [-0.25, -0.2) is 9.79 Å². The molecule has 0 saturated heterocycles. The number of halogens is 1. The highest BCUT2D eigenvalue weighted by Crippen LogP contribution is 2.31. The smallest absolute Gasteiger partial charge is 0.338 e. The first kappa shape index (κ1) is 24.9. The van der Waals surface area contributed by atoms with E-state index in [-0.39, 0.29) is 18.3 Å². The molecule has 1 aromatic heterocycles. The summed E-state index contributed by atoms with van der Waals surface area (Å²) in [5.41, 5.74) is 3.24. The van der Waals surface area contributed by atoms with Gasteiger partial charge >= 0.3 is 5.97 Å². The van der Waals surface area contributed by atoms with Crippen molar-refractivity contribution in [2.45, 2.75) is 46.8 Å². The first-order valence-corrected chi connectivity index (χ1v) is 12.6. The topological polar surface area (TPSA) is 69.9 Å². The Labute approximate surface area is 212 Å². The van der Waals surface area contributed by atoms with Crippen LogP contribution in [0, 0.1) is 6.92 Å². The normalized spacial score (nSPS) is 15.7. The van der Waals surface area contributed by atoms with E-state index in [1.807, 2.05) is 45.0 Å². The van der Waals surface area contributed by atoms with Gasteiger partial charge in [-0.05, 0) is 64.5 Å². The first-order valence-electron chi connectivity index (χ1n) is 11.4. The summed E-state index contributed by atoms with van der Waals surface area (Å²) in [6.07, 6.45) is 1.73. The summed E-state index contributed by atoms with van der Waals surface area (Å²) >= 11 is 7.51. The first-order chi connectivity index (χ1) is 16.7. The second-order valence-corrected chi connectivity index (χ2v) is 10.0. The van der Waals surface area contributed by atoms with E-state index in [0.29, 0.717) is 36.9 Å². The average molecular weight is 511 g/mol. The number of esters is 1. The van der Waals surface area contributed by atoms with Crippen molar-refractivity contribution in [1.82, 2.24) is 4.57 Å². The van der Waals surface area contributed by atoms with Crippen molar-refractivity contribution in [3.8, 4) is 5.75 Å². The third-order valence-corrected chi connectivity index (χ3v) is 6.75. The Hall–Kier alpha value is -3.16. The molecule has 8 heteroatoms. The summed E-state index contributed by atoms with van der Waals surface area (Å²) in [7, 11) is 0. The molecular weight excluding hydrogens is 484 g/mol. The number of fused-ring (bicyclic) bond motifs is 1. The van der Waals surface area contributed by atoms with Gasteiger partial charge < -0.3 is 9.47 Å². The highest BCUT2D eigenvalue weighted by atomic mass is 35.5. The van der Waals surface area contributed by atoms with Crippen LogP contribution in [0.25, 0.3) is 6.08 Å². The SMILES string of the molecule is CCOC(=O)C1=C(C)N=c2s/c(=C\c3cc(Cl)ccc3OC(C)C)c(=O)n2[C@H]1c1ccc(C)cc1. The highest BCUT2D eigenvalue weighted by molar-refractivity contribution is 7.07. The number of carbonyl (C=O) groups excluding carboxylic acids is 1. The number of aromatic nitrogens is 1. The fourth-order valence-electron chi connectivity index (χ4n) is 3.99. The molecule has 6 nitrogen and oxygen atoms in total. The number of hydrogen-bond acceptors (Lipinski definition) is 6. The molecular formula is C27H27ClN2O4S. The lowest BCUT2D eigenvalue weighted by molar-refractivity contribution is -0.139. The van der Waals surface area contributed by atoms with Crippen LogP contribution in [0.1, 0.15) is 50.4 Å². The number of allylic oxidation sites excluding steroid dienone is 1. The van der Waals surface area contributed by atoms with Crippen LogP contribution in [-0.2, 0) is 9.53 Å². The number of nitrogens with zero attached hydrogens (tertiary/aromatic N) is 2. The number of aryl methyl sites for hydroxylation is 1. The van der Waals surface area contributed by atoms with E-state index in [0.717, 1.165) is 11.1 Å². The molecule has 1 aliphatic rings. The van der Waals surface area contributed by atoms with Gasteiger partial charge in [-0.15, -0.1) is 0 Å². The van der Waals surface area contributed by atoms with E-state index in [9.17, 15) is 9.59 Å². The number of ether oxygens (including phenoxy) is 2. The summed E-state index contributed by atoms with van der Waals surface area (Å²) in [4.78, 5) is 31.9. The fraction of sp³-hybridized carbons (Fsp3) is 0.296. The molecule has 1 aliphatic heterocycles. The molecule has 35 heavy (non-hydrogen) atoms. The number of hydrogen-bond donors (Lipinski definition) is 0. The molecule has 0 aliphatic carbocycles. The fourth-order valence-corrected chi connectivity index (χ4v) is 5.21. The average Bonchev–Trinajstić information content (AvgIpc) is 3.09. The third-order valence-electron chi connectivity index (χ3n) is 5.53. The quantitative estimate of drug-likeness (QED) is 0.456. The van der Waals surface area contributed by atoms with Crippen LogP contribution >= 0.6 is 22.9 Å². The molecule has 0 spiro atoms.